The van der Waals surface area contributed by atoms with Gasteiger partial charge in [-0.05, 0) is 24.3 Å². The summed E-state index contributed by atoms with van der Waals surface area (Å²) in [6.45, 7) is 0.0624. The number of halogens is 1. The summed E-state index contributed by atoms with van der Waals surface area (Å²) in [5.74, 6) is -0.515. The fraction of sp³-hybridized carbons (Fsp3) is 0.150. The molecular formula is C20H15FO5. The van der Waals surface area contributed by atoms with Gasteiger partial charge >= 0.3 is 5.97 Å². The van der Waals surface area contributed by atoms with Crippen LogP contribution in [0.2, 0.25) is 0 Å². The summed E-state index contributed by atoms with van der Waals surface area (Å²) < 4.78 is 35.7. The van der Waals surface area contributed by atoms with Gasteiger partial charge < -0.3 is 18.6 Å². The first-order valence-corrected chi connectivity index (χ1v) is 8.06. The van der Waals surface area contributed by atoms with Gasteiger partial charge in [-0.15, -0.1) is 0 Å². The van der Waals surface area contributed by atoms with Crippen molar-refractivity contribution >= 4 is 5.97 Å². The summed E-state index contributed by atoms with van der Waals surface area (Å²) in [4.78, 5) is 11.9. The summed E-state index contributed by atoms with van der Waals surface area (Å²) in [5.41, 5.74) is 1.85. The van der Waals surface area contributed by atoms with Crippen LogP contribution in [0.4, 0.5) is 4.39 Å². The lowest BCUT2D eigenvalue weighted by molar-refractivity contribution is -0.112. The number of carbonyl (C=O) groups excluding carboxylic acids is 1. The Morgan fingerprint density at radius 1 is 1.15 bits per heavy atom. The van der Waals surface area contributed by atoms with E-state index in [1.54, 1.807) is 6.07 Å². The van der Waals surface area contributed by atoms with Gasteiger partial charge in [0.25, 0.3) is 0 Å². The molecule has 2 heterocycles. The summed E-state index contributed by atoms with van der Waals surface area (Å²) in [6.07, 6.45) is 0.777. The Kier molecular flexibility index (Phi) is 4.41. The summed E-state index contributed by atoms with van der Waals surface area (Å²) >= 11 is 0. The van der Waals surface area contributed by atoms with E-state index in [1.807, 2.05) is 30.3 Å². The lowest BCUT2D eigenvalue weighted by Gasteiger charge is -2.28. The Labute approximate surface area is 148 Å². The van der Waals surface area contributed by atoms with Crippen molar-refractivity contribution < 1.29 is 27.8 Å². The normalized spacial score (nSPS) is 15.8. The van der Waals surface area contributed by atoms with Gasteiger partial charge in [0.2, 0.25) is 12.1 Å². The second-order valence-electron chi connectivity index (χ2n) is 5.78. The van der Waals surface area contributed by atoms with Crippen molar-refractivity contribution in [2.45, 2.75) is 19.5 Å². The number of rotatable bonds is 4. The minimum atomic E-state index is -0.625. The van der Waals surface area contributed by atoms with E-state index in [0.717, 1.165) is 5.56 Å². The number of ether oxygens (including phenoxy) is 3. The molecule has 26 heavy (non-hydrogen) atoms. The molecule has 1 aliphatic heterocycles. The van der Waals surface area contributed by atoms with Gasteiger partial charge in [0.1, 0.15) is 18.2 Å². The zero-order valence-corrected chi connectivity index (χ0v) is 13.7. The summed E-state index contributed by atoms with van der Waals surface area (Å²) in [6, 6.07) is 15.2. The van der Waals surface area contributed by atoms with Gasteiger partial charge in [0.15, 0.2) is 0 Å². The van der Waals surface area contributed by atoms with Gasteiger partial charge in [0.05, 0.1) is 12.9 Å². The number of carbonyl (C=O) groups is 1. The van der Waals surface area contributed by atoms with Crippen molar-refractivity contribution in [1.29, 1.82) is 0 Å². The van der Waals surface area contributed by atoms with Gasteiger partial charge in [-0.2, -0.15) is 0 Å². The number of hydrogen-bond acceptors (Lipinski definition) is 5. The van der Waals surface area contributed by atoms with E-state index < -0.39 is 18.1 Å². The highest BCUT2D eigenvalue weighted by Crippen LogP contribution is 2.36. The first-order chi connectivity index (χ1) is 12.7. The highest BCUT2D eigenvalue weighted by atomic mass is 19.1. The monoisotopic (exact) mass is 354 g/mol. The molecule has 1 unspecified atom stereocenters. The Hall–Kier alpha value is -3.12. The summed E-state index contributed by atoms with van der Waals surface area (Å²) in [5, 5.41) is 0. The van der Waals surface area contributed by atoms with E-state index in [-0.39, 0.29) is 19.0 Å². The molecule has 1 atom stereocenters. The fourth-order valence-corrected chi connectivity index (χ4v) is 2.77. The molecule has 4 rings (SSSR count). The third kappa shape index (κ3) is 3.32. The van der Waals surface area contributed by atoms with Crippen molar-refractivity contribution in [2.75, 3.05) is 0 Å². The third-order valence-corrected chi connectivity index (χ3v) is 3.98. The fourth-order valence-electron chi connectivity index (χ4n) is 2.77. The highest BCUT2D eigenvalue weighted by molar-refractivity contribution is 5.86. The SMILES string of the molecule is O=C(OCc1cc(F)cc2c1OC(c1ccccc1)OC2)c1ccco1. The Morgan fingerprint density at radius 3 is 2.77 bits per heavy atom. The molecule has 6 heteroatoms. The Morgan fingerprint density at radius 2 is 2.00 bits per heavy atom. The van der Waals surface area contributed by atoms with Crippen LogP contribution in [0.3, 0.4) is 0 Å². The van der Waals surface area contributed by atoms with E-state index in [1.165, 1.54) is 24.5 Å². The highest BCUT2D eigenvalue weighted by Gasteiger charge is 2.25. The van der Waals surface area contributed by atoms with Crippen LogP contribution >= 0.6 is 0 Å². The molecule has 0 spiro atoms. The van der Waals surface area contributed by atoms with Crippen molar-refractivity contribution in [2.24, 2.45) is 0 Å². The molecule has 0 amide bonds. The second kappa shape index (κ2) is 7.01. The largest absolute Gasteiger partial charge is 0.460 e. The Bertz CT molecular complexity index is 905. The molecule has 1 aliphatic rings. The van der Waals surface area contributed by atoms with E-state index in [2.05, 4.69) is 0 Å². The molecule has 0 saturated carbocycles. The zero-order valence-electron chi connectivity index (χ0n) is 13.7. The molecule has 3 aromatic rings. The molecule has 132 valence electrons. The molecular weight excluding hydrogens is 339 g/mol. The molecule has 0 aliphatic carbocycles. The first kappa shape index (κ1) is 16.4. The Balaban J connectivity index is 1.56. The topological polar surface area (TPSA) is 57.9 Å². The van der Waals surface area contributed by atoms with Gasteiger partial charge in [-0.1, -0.05) is 30.3 Å². The molecule has 0 fully saturated rings. The van der Waals surface area contributed by atoms with E-state index in [0.29, 0.717) is 16.9 Å². The summed E-state index contributed by atoms with van der Waals surface area (Å²) in [7, 11) is 0. The molecule has 0 bridgehead atoms. The van der Waals surface area contributed by atoms with E-state index >= 15 is 0 Å². The molecule has 0 radical (unpaired) electrons. The molecule has 0 saturated heterocycles. The minimum absolute atomic E-state index is 0.0849. The molecule has 5 nitrogen and oxygen atoms in total. The van der Waals surface area contributed by atoms with Gasteiger partial charge in [-0.25, -0.2) is 9.18 Å². The van der Waals surface area contributed by atoms with Crippen LogP contribution in [0.5, 0.6) is 5.75 Å². The standard InChI is InChI=1S/C20H15FO5/c21-16-9-14(11-24-19(22)17-7-4-8-23-17)18-15(10-16)12-25-20(26-18)13-5-2-1-3-6-13/h1-10,20H,11-12H2. The van der Waals surface area contributed by atoms with Crippen LogP contribution < -0.4 is 4.74 Å². The van der Waals surface area contributed by atoms with Crippen molar-refractivity contribution in [3.05, 3.63) is 89.1 Å². The van der Waals surface area contributed by atoms with Crippen LogP contribution in [0.15, 0.2) is 65.3 Å². The third-order valence-electron chi connectivity index (χ3n) is 3.98. The number of esters is 1. The number of hydrogen-bond donors (Lipinski definition) is 0. The van der Waals surface area contributed by atoms with Crippen LogP contribution in [0.25, 0.3) is 0 Å². The van der Waals surface area contributed by atoms with Gasteiger partial charge in [0, 0.05) is 16.7 Å². The smallest absolute Gasteiger partial charge is 0.374 e. The lowest BCUT2D eigenvalue weighted by Crippen LogP contribution is -2.20. The second-order valence-corrected chi connectivity index (χ2v) is 5.78. The number of fused-ring (bicyclic) bond motifs is 1. The maximum absolute atomic E-state index is 13.9. The predicted molar refractivity (Wildman–Crippen MR) is 88.8 cm³/mol. The number of furan rings is 1. The lowest BCUT2D eigenvalue weighted by atomic mass is 10.1. The quantitative estimate of drug-likeness (QED) is 0.651. The van der Waals surface area contributed by atoms with E-state index in [4.69, 9.17) is 18.6 Å². The average molecular weight is 354 g/mol. The minimum Gasteiger partial charge on any atom is -0.460 e. The van der Waals surface area contributed by atoms with Crippen molar-refractivity contribution in [3.8, 4) is 5.75 Å². The molecule has 1 aromatic heterocycles. The van der Waals surface area contributed by atoms with Crippen LogP contribution in [0.1, 0.15) is 33.5 Å². The van der Waals surface area contributed by atoms with Crippen LogP contribution in [-0.2, 0) is 22.7 Å². The molecule has 0 N–H and O–H groups in total. The van der Waals surface area contributed by atoms with E-state index in [9.17, 15) is 9.18 Å². The maximum atomic E-state index is 13.9. The van der Waals surface area contributed by atoms with Crippen LogP contribution in [-0.4, -0.2) is 5.97 Å². The number of benzene rings is 2. The predicted octanol–water partition coefficient (Wildman–Crippen LogP) is 4.38. The first-order valence-electron chi connectivity index (χ1n) is 8.06. The van der Waals surface area contributed by atoms with Crippen molar-refractivity contribution in [3.63, 3.8) is 0 Å². The van der Waals surface area contributed by atoms with Gasteiger partial charge in [-0.3, -0.25) is 0 Å². The zero-order chi connectivity index (χ0) is 17.9. The molecule has 2 aromatic carbocycles. The van der Waals surface area contributed by atoms with Crippen molar-refractivity contribution in [1.82, 2.24) is 0 Å². The average Bonchev–Trinajstić information content (AvgIpc) is 3.21. The maximum Gasteiger partial charge on any atom is 0.374 e. The van der Waals surface area contributed by atoms with Crippen LogP contribution in [0, 0.1) is 5.82 Å².